The number of thioether (sulfide) groups is 1. The molecule has 2 aromatic heterocycles. The molecule has 2 aromatic rings. The molecule has 19 heavy (non-hydrogen) atoms. The summed E-state index contributed by atoms with van der Waals surface area (Å²) in [5.74, 6) is 2.94. The number of hydrogen-bond donors (Lipinski definition) is 3. The maximum Gasteiger partial charge on any atom is 0.232 e. The fourth-order valence-electron chi connectivity index (χ4n) is 1.49. The van der Waals surface area contributed by atoms with Crippen molar-refractivity contribution in [2.45, 2.75) is 12.7 Å². The Bertz CT molecular complexity index is 526. The molecule has 0 saturated heterocycles. The molecule has 0 aliphatic rings. The molecule has 2 heterocycles. The minimum Gasteiger partial charge on any atom is -0.546 e. The third-order valence-electron chi connectivity index (χ3n) is 2.52. The van der Waals surface area contributed by atoms with Crippen LogP contribution in [-0.4, -0.2) is 42.6 Å². The molecule has 0 bridgehead atoms. The second-order valence-corrected chi connectivity index (χ2v) is 5.74. The predicted molar refractivity (Wildman–Crippen MR) is 78.2 cm³/mol. The molecule has 7 nitrogen and oxygen atoms in total. The van der Waals surface area contributed by atoms with E-state index in [1.165, 1.54) is 0 Å². The largest absolute Gasteiger partial charge is 0.546 e. The van der Waals surface area contributed by atoms with E-state index < -0.39 is 11.1 Å². The third-order valence-corrected chi connectivity index (χ3v) is 4.18. The van der Waals surface area contributed by atoms with Crippen LogP contribution in [0.3, 0.4) is 0 Å². The summed E-state index contributed by atoms with van der Waals surface area (Å²) in [6, 6.07) is 0. The highest BCUT2D eigenvalue weighted by atomic mass is 32.2. The van der Waals surface area contributed by atoms with Crippen LogP contribution >= 0.6 is 22.9 Å². The van der Waals surface area contributed by atoms with Crippen LogP contribution in [0.1, 0.15) is 11.4 Å². The van der Waals surface area contributed by atoms with Gasteiger partial charge in [-0.2, -0.15) is 11.8 Å². The lowest BCUT2D eigenvalue weighted by Gasteiger charge is -2.03. The number of nitrogens with one attached hydrogen (secondary N) is 3. The smallest absolute Gasteiger partial charge is 0.232 e. The molecule has 0 fully saturated rings. The second kappa shape index (κ2) is 6.73. The molecule has 0 aliphatic heterocycles. The average Bonchev–Trinajstić information content (AvgIpc) is 2.95. The minimum atomic E-state index is -1.49. The fraction of sp³-hybridized carbons (Fsp3) is 0.500. The van der Waals surface area contributed by atoms with E-state index in [2.05, 4.69) is 29.3 Å². The van der Waals surface area contributed by atoms with Crippen LogP contribution in [0.25, 0.3) is 0 Å². The van der Waals surface area contributed by atoms with Crippen molar-refractivity contribution < 1.29 is 4.55 Å². The van der Waals surface area contributed by atoms with Gasteiger partial charge >= 0.3 is 0 Å². The number of imidazole rings is 1. The van der Waals surface area contributed by atoms with Crippen molar-refractivity contribution in [2.75, 3.05) is 30.0 Å². The summed E-state index contributed by atoms with van der Waals surface area (Å²) in [6.45, 7) is 2.73. The lowest BCUT2D eigenvalue weighted by Crippen LogP contribution is -2.06. The molecule has 1 unspecified atom stereocenters. The van der Waals surface area contributed by atoms with Gasteiger partial charge in [-0.3, -0.25) is 0 Å². The van der Waals surface area contributed by atoms with E-state index >= 15 is 0 Å². The van der Waals surface area contributed by atoms with Crippen LogP contribution in [0.5, 0.6) is 0 Å². The first kappa shape index (κ1) is 14.1. The molecule has 0 aromatic carbocycles. The molecule has 1 atom stereocenters. The maximum absolute atomic E-state index is 11.1. The number of aromatic amines is 1. The molecule has 104 valence electrons. The first-order valence-electron chi connectivity index (χ1n) is 5.78. The van der Waals surface area contributed by atoms with Crippen LogP contribution in [-0.2, 0) is 5.75 Å². The van der Waals surface area contributed by atoms with Gasteiger partial charge in [0.1, 0.15) is 0 Å². The molecular weight excluding hydrogens is 284 g/mol. The van der Waals surface area contributed by atoms with Gasteiger partial charge < -0.3 is 20.2 Å². The Morgan fingerprint density at radius 2 is 2.21 bits per heavy atom. The maximum atomic E-state index is 11.1. The van der Waals surface area contributed by atoms with E-state index in [0.29, 0.717) is 11.6 Å². The molecule has 9 heteroatoms. The van der Waals surface area contributed by atoms with Gasteiger partial charge in [0.15, 0.2) is 11.1 Å². The van der Waals surface area contributed by atoms with Gasteiger partial charge in [-0.25, -0.2) is 4.98 Å². The predicted octanol–water partition coefficient (Wildman–Crippen LogP) is 1.62. The summed E-state index contributed by atoms with van der Waals surface area (Å²) in [4.78, 5) is 7.26. The summed E-state index contributed by atoms with van der Waals surface area (Å²) in [7, 11) is 1.73. The number of nitrogens with zero attached hydrogens (tertiary/aromatic N) is 3. The summed E-state index contributed by atoms with van der Waals surface area (Å²) in [5, 5.41) is 5.98. The van der Waals surface area contributed by atoms with Gasteiger partial charge in [-0.1, -0.05) is 0 Å². The SMILES string of the molecule is CNc1n[s+]([O-])nc1NCCSCc1[nH]cnc1C. The van der Waals surface area contributed by atoms with Crippen molar-refractivity contribution in [3.63, 3.8) is 0 Å². The summed E-state index contributed by atoms with van der Waals surface area (Å²) < 4.78 is 18.9. The van der Waals surface area contributed by atoms with Gasteiger partial charge in [0, 0.05) is 39.5 Å². The van der Waals surface area contributed by atoms with Crippen LogP contribution in [0, 0.1) is 6.92 Å². The Balaban J connectivity index is 1.70. The highest BCUT2D eigenvalue weighted by molar-refractivity contribution is 7.98. The van der Waals surface area contributed by atoms with E-state index in [9.17, 15) is 4.55 Å². The second-order valence-electron chi connectivity index (χ2n) is 3.81. The molecular formula is C10H16N6OS2. The molecule has 2 rings (SSSR count). The Morgan fingerprint density at radius 3 is 2.89 bits per heavy atom. The fourth-order valence-corrected chi connectivity index (χ4v) is 3.06. The summed E-state index contributed by atoms with van der Waals surface area (Å²) >= 11 is 0.307. The molecule has 0 spiro atoms. The lowest BCUT2D eigenvalue weighted by atomic mass is 10.4. The molecule has 0 aliphatic carbocycles. The van der Waals surface area contributed by atoms with Crippen molar-refractivity contribution in [1.82, 2.24) is 18.7 Å². The minimum absolute atomic E-state index is 0.549. The molecule has 0 amide bonds. The Morgan fingerprint density at radius 1 is 1.42 bits per heavy atom. The number of aromatic nitrogens is 4. The van der Waals surface area contributed by atoms with E-state index in [1.807, 2.05) is 6.92 Å². The number of anilines is 2. The summed E-state index contributed by atoms with van der Waals surface area (Å²) in [6.07, 6.45) is 1.71. The standard InChI is InChI=1S/C10H16N6OS2/c1-7-8(14-6-13-7)5-18-4-3-12-10-9(11-2)15-19(17)16-10/h6H,3-5H2,1-2H3,(H,11,15)(H,12,16)(H,13,14). The van der Waals surface area contributed by atoms with Crippen molar-refractivity contribution in [1.29, 1.82) is 0 Å². The monoisotopic (exact) mass is 300 g/mol. The van der Waals surface area contributed by atoms with Crippen LogP contribution in [0.15, 0.2) is 6.33 Å². The van der Waals surface area contributed by atoms with Gasteiger partial charge in [0.25, 0.3) is 0 Å². The van der Waals surface area contributed by atoms with Crippen molar-refractivity contribution in [3.05, 3.63) is 17.7 Å². The lowest BCUT2D eigenvalue weighted by molar-refractivity contribution is 0.585. The quantitative estimate of drug-likeness (QED) is 0.527. The third kappa shape index (κ3) is 3.82. The first-order chi connectivity index (χ1) is 9.20. The van der Waals surface area contributed by atoms with Crippen LogP contribution in [0.4, 0.5) is 11.6 Å². The topological polar surface area (TPSA) is 102 Å². The average molecular weight is 300 g/mol. The number of H-pyrrole nitrogens is 1. The van der Waals surface area contributed by atoms with Crippen LogP contribution < -0.4 is 10.6 Å². The zero-order valence-corrected chi connectivity index (χ0v) is 12.4. The molecule has 0 radical (unpaired) electrons. The van der Waals surface area contributed by atoms with Gasteiger partial charge in [-0.05, 0) is 6.92 Å². The first-order valence-corrected chi connectivity index (χ1v) is 8.00. The van der Waals surface area contributed by atoms with Gasteiger partial charge in [0.05, 0.1) is 12.0 Å². The normalized spacial score (nSPS) is 11.6. The molecule has 0 saturated carbocycles. The number of hydrogen-bond acceptors (Lipinski definition) is 7. The van der Waals surface area contributed by atoms with Crippen LogP contribution in [0.2, 0.25) is 0 Å². The van der Waals surface area contributed by atoms with E-state index in [0.717, 1.165) is 29.4 Å². The Kier molecular flexibility index (Phi) is 5.00. The highest BCUT2D eigenvalue weighted by Gasteiger charge is 2.13. The zero-order valence-electron chi connectivity index (χ0n) is 10.8. The number of aryl methyl sites for hydroxylation is 1. The Labute approximate surface area is 118 Å². The van der Waals surface area contributed by atoms with E-state index in [4.69, 9.17) is 0 Å². The highest BCUT2D eigenvalue weighted by Crippen LogP contribution is 2.21. The van der Waals surface area contributed by atoms with Crippen molar-refractivity contribution >= 4 is 34.5 Å². The Hall–Kier alpha value is -1.32. The van der Waals surface area contributed by atoms with Crippen molar-refractivity contribution in [2.24, 2.45) is 0 Å². The van der Waals surface area contributed by atoms with Crippen molar-refractivity contribution in [3.8, 4) is 0 Å². The van der Waals surface area contributed by atoms with Gasteiger partial charge in [-0.15, -0.1) is 0 Å². The number of rotatable bonds is 7. The van der Waals surface area contributed by atoms with Gasteiger partial charge in [0.2, 0.25) is 11.6 Å². The van der Waals surface area contributed by atoms with E-state index in [-0.39, 0.29) is 0 Å². The summed E-state index contributed by atoms with van der Waals surface area (Å²) in [5.41, 5.74) is 2.20. The van der Waals surface area contributed by atoms with E-state index in [1.54, 1.807) is 25.1 Å². The molecule has 3 N–H and O–H groups in total. The zero-order chi connectivity index (χ0) is 13.7.